The topological polar surface area (TPSA) is 101 Å². The van der Waals surface area contributed by atoms with Crippen molar-refractivity contribution in [3.05, 3.63) is 30.2 Å². The maximum absolute atomic E-state index is 11.8. The minimum absolute atomic E-state index is 0.134. The highest BCUT2D eigenvalue weighted by Crippen LogP contribution is 2.21. The smallest absolute Gasteiger partial charge is 0.416 e. The molecule has 20 heavy (non-hydrogen) atoms. The van der Waals surface area contributed by atoms with Crippen LogP contribution in [0, 0.1) is 0 Å². The maximum atomic E-state index is 11.8. The van der Waals surface area contributed by atoms with Crippen LogP contribution >= 0.6 is 0 Å². The van der Waals surface area contributed by atoms with Gasteiger partial charge in [0, 0.05) is 30.0 Å². The Hall–Kier alpha value is -2.41. The molecule has 1 saturated heterocycles. The highest BCUT2D eigenvalue weighted by atomic mass is 16.4. The zero-order valence-electron chi connectivity index (χ0n) is 10.7. The van der Waals surface area contributed by atoms with Crippen molar-refractivity contribution in [2.75, 3.05) is 6.54 Å². The molecule has 0 radical (unpaired) electrons. The van der Waals surface area contributed by atoms with E-state index < -0.39 is 12.1 Å². The van der Waals surface area contributed by atoms with Gasteiger partial charge in [-0.2, -0.15) is 0 Å². The van der Waals surface area contributed by atoms with Crippen molar-refractivity contribution in [1.82, 2.24) is 14.5 Å². The van der Waals surface area contributed by atoms with Gasteiger partial charge in [-0.15, -0.1) is 0 Å². The molecule has 0 bridgehead atoms. The van der Waals surface area contributed by atoms with E-state index in [1.54, 1.807) is 29.4 Å². The lowest BCUT2D eigenvalue weighted by molar-refractivity contribution is -0.129. The molecule has 0 unspecified atom stereocenters. The third-order valence-corrected chi connectivity index (χ3v) is 3.56. The molecule has 7 heteroatoms. The number of aromatic nitrogens is 2. The van der Waals surface area contributed by atoms with Crippen LogP contribution in [0.4, 0.5) is 4.79 Å². The van der Waals surface area contributed by atoms with Crippen LogP contribution < -0.4 is 5.73 Å². The van der Waals surface area contributed by atoms with Gasteiger partial charge < -0.3 is 15.7 Å². The van der Waals surface area contributed by atoms with E-state index in [0.29, 0.717) is 24.2 Å². The van der Waals surface area contributed by atoms with Gasteiger partial charge in [0.15, 0.2) is 0 Å². The van der Waals surface area contributed by atoms with E-state index in [4.69, 9.17) is 5.73 Å². The number of hydrogen-bond acceptors (Lipinski definition) is 4. The first-order valence-electron chi connectivity index (χ1n) is 6.30. The number of fused-ring (bicyclic) bond motifs is 1. The number of carboxylic acid groups (broad SMARTS) is 1. The molecule has 3 N–H and O–H groups in total. The Kier molecular flexibility index (Phi) is 2.90. The van der Waals surface area contributed by atoms with Gasteiger partial charge in [-0.25, -0.2) is 9.36 Å². The van der Waals surface area contributed by atoms with Crippen LogP contribution in [0.15, 0.2) is 24.5 Å². The number of amides is 1. The van der Waals surface area contributed by atoms with E-state index in [1.165, 1.54) is 4.57 Å². The summed E-state index contributed by atoms with van der Waals surface area (Å²) < 4.78 is 1.19. The van der Waals surface area contributed by atoms with Gasteiger partial charge in [-0.3, -0.25) is 9.78 Å². The zero-order chi connectivity index (χ0) is 14.3. The Bertz CT molecular complexity index is 694. The lowest BCUT2D eigenvalue weighted by Crippen LogP contribution is -2.34. The van der Waals surface area contributed by atoms with Crippen molar-refractivity contribution < 1.29 is 14.7 Å². The first-order valence-corrected chi connectivity index (χ1v) is 6.30. The lowest BCUT2D eigenvalue weighted by Gasteiger charge is -2.16. The third-order valence-electron chi connectivity index (χ3n) is 3.56. The second-order valence-electron chi connectivity index (χ2n) is 4.84. The highest BCUT2D eigenvalue weighted by Gasteiger charge is 2.29. The van der Waals surface area contributed by atoms with Crippen LogP contribution in [0.2, 0.25) is 0 Å². The SMILES string of the molecule is N[C@H]1CCN(Cc2cc3cnccc3n2C(=O)O)C1=O. The summed E-state index contributed by atoms with van der Waals surface area (Å²) >= 11 is 0. The first-order chi connectivity index (χ1) is 9.58. The van der Waals surface area contributed by atoms with E-state index in [1.807, 2.05) is 0 Å². The van der Waals surface area contributed by atoms with Gasteiger partial charge in [0.2, 0.25) is 5.91 Å². The van der Waals surface area contributed by atoms with Crippen molar-refractivity contribution in [1.29, 1.82) is 0 Å². The molecule has 1 aliphatic rings. The maximum Gasteiger partial charge on any atom is 0.416 e. The summed E-state index contributed by atoms with van der Waals surface area (Å²) in [5.74, 6) is -0.134. The average molecular weight is 274 g/mol. The van der Waals surface area contributed by atoms with Crippen molar-refractivity contribution in [2.45, 2.75) is 19.0 Å². The molecule has 0 aliphatic carbocycles. The Labute approximate surface area is 114 Å². The average Bonchev–Trinajstić information content (AvgIpc) is 2.93. The van der Waals surface area contributed by atoms with E-state index in [9.17, 15) is 14.7 Å². The highest BCUT2D eigenvalue weighted by molar-refractivity contribution is 5.90. The van der Waals surface area contributed by atoms with Crippen LogP contribution in [0.1, 0.15) is 12.1 Å². The fraction of sp³-hybridized carbons (Fsp3) is 0.308. The molecule has 0 spiro atoms. The number of rotatable bonds is 2. The summed E-state index contributed by atoms with van der Waals surface area (Å²) in [6.07, 6.45) is 2.68. The number of carbonyl (C=O) groups is 2. The summed E-state index contributed by atoms with van der Waals surface area (Å²) in [4.78, 5) is 28.8. The molecular weight excluding hydrogens is 260 g/mol. The normalized spacial score (nSPS) is 18.9. The number of hydrogen-bond donors (Lipinski definition) is 2. The number of likely N-dealkylation sites (tertiary alicyclic amines) is 1. The molecule has 2 aromatic heterocycles. The van der Waals surface area contributed by atoms with Crippen LogP contribution in [0.25, 0.3) is 10.9 Å². The molecule has 2 aromatic rings. The molecule has 0 saturated carbocycles. The van der Waals surface area contributed by atoms with E-state index in [2.05, 4.69) is 4.98 Å². The summed E-state index contributed by atoms with van der Waals surface area (Å²) in [5.41, 5.74) is 6.78. The number of carbonyl (C=O) groups excluding carboxylic acids is 1. The number of pyridine rings is 1. The summed E-state index contributed by atoms with van der Waals surface area (Å²) in [6, 6.07) is 2.91. The Morgan fingerprint density at radius 1 is 1.55 bits per heavy atom. The molecule has 1 aliphatic heterocycles. The molecule has 3 heterocycles. The Morgan fingerprint density at radius 3 is 3.00 bits per heavy atom. The third kappa shape index (κ3) is 1.92. The standard InChI is InChI=1S/C13H14N4O3/c14-10-2-4-16(12(10)18)7-9-5-8-6-15-3-1-11(8)17(9)13(19)20/h1,3,5-6,10H,2,4,7,14H2,(H,19,20)/t10-/m0/s1. The number of nitrogens with two attached hydrogens (primary N) is 1. The quantitative estimate of drug-likeness (QED) is 0.836. The van der Waals surface area contributed by atoms with E-state index in [-0.39, 0.29) is 12.5 Å². The van der Waals surface area contributed by atoms with Gasteiger partial charge in [-0.1, -0.05) is 0 Å². The van der Waals surface area contributed by atoms with Crippen LogP contribution in [-0.2, 0) is 11.3 Å². The molecule has 7 nitrogen and oxygen atoms in total. The molecule has 1 amide bonds. The number of nitrogens with zero attached hydrogens (tertiary/aromatic N) is 3. The van der Waals surface area contributed by atoms with Crippen LogP contribution in [0.5, 0.6) is 0 Å². The lowest BCUT2D eigenvalue weighted by atomic mass is 10.3. The largest absolute Gasteiger partial charge is 0.464 e. The van der Waals surface area contributed by atoms with Crippen molar-refractivity contribution >= 4 is 22.9 Å². The molecule has 1 atom stereocenters. The van der Waals surface area contributed by atoms with Crippen molar-refractivity contribution in [3.63, 3.8) is 0 Å². The van der Waals surface area contributed by atoms with E-state index >= 15 is 0 Å². The molecule has 104 valence electrons. The van der Waals surface area contributed by atoms with Crippen molar-refractivity contribution in [3.8, 4) is 0 Å². The van der Waals surface area contributed by atoms with Gasteiger partial charge in [0.25, 0.3) is 0 Å². The van der Waals surface area contributed by atoms with Gasteiger partial charge in [-0.05, 0) is 18.6 Å². The van der Waals surface area contributed by atoms with Gasteiger partial charge >= 0.3 is 6.09 Å². The Balaban J connectivity index is 2.01. The molecule has 1 fully saturated rings. The second kappa shape index (κ2) is 4.61. The van der Waals surface area contributed by atoms with Gasteiger partial charge in [0.1, 0.15) is 0 Å². The first kappa shape index (κ1) is 12.6. The summed E-state index contributed by atoms with van der Waals surface area (Å²) in [5, 5.41) is 10.1. The Morgan fingerprint density at radius 2 is 2.35 bits per heavy atom. The van der Waals surface area contributed by atoms with Gasteiger partial charge in [0.05, 0.1) is 18.1 Å². The molecule has 0 aromatic carbocycles. The summed E-state index contributed by atoms with van der Waals surface area (Å²) in [6.45, 7) is 0.799. The fourth-order valence-corrected chi connectivity index (χ4v) is 2.57. The monoisotopic (exact) mass is 274 g/mol. The summed E-state index contributed by atoms with van der Waals surface area (Å²) in [7, 11) is 0. The zero-order valence-corrected chi connectivity index (χ0v) is 10.7. The second-order valence-corrected chi connectivity index (χ2v) is 4.84. The fourth-order valence-electron chi connectivity index (χ4n) is 2.57. The van der Waals surface area contributed by atoms with Crippen LogP contribution in [-0.4, -0.2) is 44.1 Å². The minimum atomic E-state index is -1.07. The van der Waals surface area contributed by atoms with Crippen molar-refractivity contribution in [2.24, 2.45) is 5.73 Å². The molecule has 3 rings (SSSR count). The predicted molar refractivity (Wildman–Crippen MR) is 71.2 cm³/mol. The molecular formula is C13H14N4O3. The van der Waals surface area contributed by atoms with Crippen LogP contribution in [0.3, 0.4) is 0 Å². The van der Waals surface area contributed by atoms with E-state index in [0.717, 1.165) is 5.39 Å². The minimum Gasteiger partial charge on any atom is -0.464 e. The predicted octanol–water partition coefficient (Wildman–Crippen LogP) is 0.622.